The molecule has 7 heteroatoms. The molecule has 0 amide bonds. The predicted molar refractivity (Wildman–Crippen MR) is 80.0 cm³/mol. The van der Waals surface area contributed by atoms with Crippen molar-refractivity contribution in [3.63, 3.8) is 0 Å². The van der Waals surface area contributed by atoms with Gasteiger partial charge in [-0.05, 0) is 29.4 Å². The van der Waals surface area contributed by atoms with Crippen LogP contribution in [0.15, 0.2) is 33.9 Å². The number of rotatable bonds is 7. The van der Waals surface area contributed by atoms with Crippen molar-refractivity contribution in [2.24, 2.45) is 0 Å². The Bertz CT molecular complexity index is 603. The monoisotopic (exact) mass is 316 g/mol. The van der Waals surface area contributed by atoms with E-state index in [2.05, 4.69) is 10.0 Å². The molecule has 0 aliphatic carbocycles. The molecule has 0 aliphatic heterocycles. The molecule has 2 aromatic heterocycles. The van der Waals surface area contributed by atoms with Crippen LogP contribution in [0.4, 0.5) is 0 Å². The molecule has 0 saturated heterocycles. The summed E-state index contributed by atoms with van der Waals surface area (Å²) in [7, 11) is -3.43. The Balaban J connectivity index is 2.08. The molecule has 2 rings (SSSR count). The molecule has 0 aromatic carbocycles. The zero-order valence-electron chi connectivity index (χ0n) is 10.5. The number of hydrogen-bond donors (Lipinski definition) is 2. The van der Waals surface area contributed by atoms with Crippen LogP contribution in [-0.4, -0.2) is 15.0 Å². The maximum atomic E-state index is 12.2. The lowest BCUT2D eigenvalue weighted by Gasteiger charge is -2.07. The average Bonchev–Trinajstić information content (AvgIpc) is 3.05. The van der Waals surface area contributed by atoms with Gasteiger partial charge >= 0.3 is 0 Å². The highest BCUT2D eigenvalue weighted by molar-refractivity contribution is 7.89. The molecule has 0 unspecified atom stereocenters. The van der Waals surface area contributed by atoms with Gasteiger partial charge in [-0.3, -0.25) is 0 Å². The van der Waals surface area contributed by atoms with E-state index in [0.717, 1.165) is 16.3 Å². The second kappa shape index (κ2) is 6.62. The van der Waals surface area contributed by atoms with Crippen LogP contribution in [0.3, 0.4) is 0 Å². The Morgan fingerprint density at radius 1 is 1.16 bits per heavy atom. The van der Waals surface area contributed by atoms with Gasteiger partial charge in [0.25, 0.3) is 0 Å². The molecule has 0 bridgehead atoms. The van der Waals surface area contributed by atoms with Gasteiger partial charge in [0.1, 0.15) is 0 Å². The summed E-state index contributed by atoms with van der Waals surface area (Å²) in [5, 5.41) is 6.90. The lowest BCUT2D eigenvalue weighted by atomic mass is 10.4. The fourth-order valence-corrected chi connectivity index (χ4v) is 4.75. The van der Waals surface area contributed by atoms with E-state index >= 15 is 0 Å². The van der Waals surface area contributed by atoms with E-state index in [1.807, 2.05) is 29.8 Å². The zero-order chi connectivity index (χ0) is 13.7. The van der Waals surface area contributed by atoms with Gasteiger partial charge in [-0.25, -0.2) is 13.1 Å². The SMILES string of the molecule is CCNCc1sccc1S(=O)(=O)NCc1cccs1. The summed E-state index contributed by atoms with van der Waals surface area (Å²) in [6.45, 7) is 3.75. The van der Waals surface area contributed by atoms with E-state index in [0.29, 0.717) is 18.0 Å². The normalized spacial score (nSPS) is 11.8. The third kappa shape index (κ3) is 3.87. The van der Waals surface area contributed by atoms with Gasteiger partial charge in [-0.2, -0.15) is 0 Å². The number of nitrogens with one attached hydrogen (secondary N) is 2. The van der Waals surface area contributed by atoms with E-state index < -0.39 is 10.0 Å². The molecule has 2 heterocycles. The van der Waals surface area contributed by atoms with Gasteiger partial charge in [0.2, 0.25) is 10.0 Å². The first-order chi connectivity index (χ1) is 9.13. The van der Waals surface area contributed by atoms with E-state index in [1.165, 1.54) is 11.3 Å². The maximum Gasteiger partial charge on any atom is 0.242 e. The van der Waals surface area contributed by atoms with E-state index in [-0.39, 0.29) is 0 Å². The third-order valence-corrected chi connectivity index (χ3v) is 5.96. The minimum Gasteiger partial charge on any atom is -0.312 e. The summed E-state index contributed by atoms with van der Waals surface area (Å²) in [6, 6.07) is 5.49. The van der Waals surface area contributed by atoms with Crippen molar-refractivity contribution in [1.29, 1.82) is 0 Å². The van der Waals surface area contributed by atoms with Crippen LogP contribution < -0.4 is 10.0 Å². The molecule has 19 heavy (non-hydrogen) atoms. The Kier molecular flexibility index (Phi) is 5.12. The molecular weight excluding hydrogens is 300 g/mol. The topological polar surface area (TPSA) is 58.2 Å². The van der Waals surface area contributed by atoms with Gasteiger partial charge in [0, 0.05) is 22.8 Å². The van der Waals surface area contributed by atoms with Crippen molar-refractivity contribution in [2.45, 2.75) is 24.9 Å². The molecule has 2 N–H and O–H groups in total. The van der Waals surface area contributed by atoms with Crippen molar-refractivity contribution in [1.82, 2.24) is 10.0 Å². The van der Waals surface area contributed by atoms with Crippen LogP contribution in [0.2, 0.25) is 0 Å². The highest BCUT2D eigenvalue weighted by Crippen LogP contribution is 2.22. The Morgan fingerprint density at radius 2 is 2.00 bits per heavy atom. The first kappa shape index (κ1) is 14.7. The lowest BCUT2D eigenvalue weighted by Crippen LogP contribution is -2.24. The van der Waals surface area contributed by atoms with E-state index in [4.69, 9.17) is 0 Å². The lowest BCUT2D eigenvalue weighted by molar-refractivity contribution is 0.580. The van der Waals surface area contributed by atoms with Crippen LogP contribution in [0.5, 0.6) is 0 Å². The third-order valence-electron chi connectivity index (χ3n) is 2.55. The van der Waals surface area contributed by atoms with Crippen LogP contribution in [0.25, 0.3) is 0 Å². The van der Waals surface area contributed by atoms with Crippen molar-refractivity contribution in [3.8, 4) is 0 Å². The van der Waals surface area contributed by atoms with E-state index in [1.54, 1.807) is 17.4 Å². The quantitative estimate of drug-likeness (QED) is 0.824. The molecular formula is C12H16N2O2S3. The summed E-state index contributed by atoms with van der Waals surface area (Å²) >= 11 is 3.00. The minimum absolute atomic E-state index is 0.344. The fourth-order valence-electron chi connectivity index (χ4n) is 1.59. The van der Waals surface area contributed by atoms with Crippen molar-refractivity contribution < 1.29 is 8.42 Å². The molecule has 0 spiro atoms. The van der Waals surface area contributed by atoms with Crippen molar-refractivity contribution in [3.05, 3.63) is 38.7 Å². The van der Waals surface area contributed by atoms with Gasteiger partial charge in [0.15, 0.2) is 0 Å². The molecule has 0 radical (unpaired) electrons. The standard InChI is InChI=1S/C12H16N2O2S3/c1-2-13-9-11-12(5-7-18-11)19(15,16)14-8-10-4-3-6-17-10/h3-7,13-14H,2,8-9H2,1H3. The summed E-state index contributed by atoms with van der Waals surface area (Å²) in [5.74, 6) is 0. The van der Waals surface area contributed by atoms with Crippen LogP contribution in [0.1, 0.15) is 16.7 Å². The second-order valence-electron chi connectivity index (χ2n) is 3.89. The number of sulfonamides is 1. The number of hydrogen-bond acceptors (Lipinski definition) is 5. The Hall–Kier alpha value is -0.730. The summed E-state index contributed by atoms with van der Waals surface area (Å²) in [4.78, 5) is 2.24. The van der Waals surface area contributed by atoms with Gasteiger partial charge in [-0.1, -0.05) is 13.0 Å². The largest absolute Gasteiger partial charge is 0.312 e. The molecule has 104 valence electrons. The molecule has 0 aliphatic rings. The minimum atomic E-state index is -3.43. The summed E-state index contributed by atoms with van der Waals surface area (Å²) in [6.07, 6.45) is 0. The van der Waals surface area contributed by atoms with Crippen LogP contribution in [0, 0.1) is 0 Å². The summed E-state index contributed by atoms with van der Waals surface area (Å²) in [5.41, 5.74) is 0. The first-order valence-corrected chi connectivity index (χ1v) is 9.17. The molecule has 2 aromatic rings. The van der Waals surface area contributed by atoms with Crippen molar-refractivity contribution in [2.75, 3.05) is 6.54 Å². The second-order valence-corrected chi connectivity index (χ2v) is 7.66. The number of thiophene rings is 2. The smallest absolute Gasteiger partial charge is 0.242 e. The molecule has 4 nitrogen and oxygen atoms in total. The molecule has 0 fully saturated rings. The molecule has 0 saturated carbocycles. The highest BCUT2D eigenvalue weighted by atomic mass is 32.2. The Morgan fingerprint density at radius 3 is 2.68 bits per heavy atom. The fraction of sp³-hybridized carbons (Fsp3) is 0.333. The van der Waals surface area contributed by atoms with Gasteiger partial charge < -0.3 is 5.32 Å². The predicted octanol–water partition coefficient (Wildman–Crippen LogP) is 2.40. The summed E-state index contributed by atoms with van der Waals surface area (Å²) < 4.78 is 27.1. The maximum absolute atomic E-state index is 12.2. The van der Waals surface area contributed by atoms with Gasteiger partial charge in [-0.15, -0.1) is 22.7 Å². The first-order valence-electron chi connectivity index (χ1n) is 5.92. The average molecular weight is 316 g/mol. The highest BCUT2D eigenvalue weighted by Gasteiger charge is 2.19. The zero-order valence-corrected chi connectivity index (χ0v) is 13.0. The van der Waals surface area contributed by atoms with E-state index in [9.17, 15) is 8.42 Å². The van der Waals surface area contributed by atoms with Crippen molar-refractivity contribution >= 4 is 32.7 Å². The van der Waals surface area contributed by atoms with Crippen LogP contribution in [-0.2, 0) is 23.1 Å². The molecule has 0 atom stereocenters. The van der Waals surface area contributed by atoms with Gasteiger partial charge in [0.05, 0.1) is 4.90 Å². The van der Waals surface area contributed by atoms with Crippen LogP contribution >= 0.6 is 22.7 Å². The Labute approximate surface area is 121 Å².